The van der Waals surface area contributed by atoms with Gasteiger partial charge in [-0.3, -0.25) is 0 Å². The third-order valence-corrected chi connectivity index (χ3v) is 5.47. The maximum absolute atomic E-state index is 6.11. The molecule has 4 heterocycles. The molecule has 2 N–H and O–H groups in total. The first-order valence-electron chi connectivity index (χ1n) is 7.78. The minimum absolute atomic E-state index is 0.653. The van der Waals surface area contributed by atoms with E-state index in [9.17, 15) is 0 Å². The number of hydrogen-bond acceptors (Lipinski definition) is 2. The van der Waals surface area contributed by atoms with Crippen LogP contribution in [0.1, 0.15) is 30.0 Å². The van der Waals surface area contributed by atoms with E-state index in [2.05, 4.69) is 40.8 Å². The largest absolute Gasteiger partial charge is 0.347 e. The zero-order valence-electron chi connectivity index (χ0n) is 12.2. The topological polar surface area (TPSA) is 34.2 Å². The lowest BCUT2D eigenvalue weighted by Crippen LogP contribution is -2.46. The van der Waals surface area contributed by atoms with Crippen LogP contribution in [0.5, 0.6) is 0 Å². The highest BCUT2D eigenvalue weighted by Crippen LogP contribution is 2.42. The van der Waals surface area contributed by atoms with Crippen molar-refractivity contribution in [2.45, 2.75) is 25.3 Å². The predicted molar refractivity (Wildman–Crippen MR) is 82.7 cm³/mol. The van der Waals surface area contributed by atoms with Crippen LogP contribution >= 0.6 is 0 Å². The molecular weight excluding hydrogens is 246 g/mol. The van der Waals surface area contributed by atoms with E-state index in [1.54, 1.807) is 0 Å². The first-order chi connectivity index (χ1) is 9.79. The van der Waals surface area contributed by atoms with Gasteiger partial charge in [-0.15, -0.1) is 0 Å². The number of para-hydroxylation sites is 1. The summed E-state index contributed by atoms with van der Waals surface area (Å²) in [6, 6.07) is 8.70. The molecule has 1 aromatic heterocycles. The van der Waals surface area contributed by atoms with Crippen LogP contribution in [0.2, 0.25) is 0 Å². The molecule has 3 aliphatic heterocycles. The molecule has 0 spiro atoms. The minimum Gasteiger partial charge on any atom is -0.347 e. The van der Waals surface area contributed by atoms with Crippen LogP contribution in [0.25, 0.3) is 10.9 Å². The van der Waals surface area contributed by atoms with Crippen molar-refractivity contribution >= 4 is 10.9 Å². The number of fused-ring (bicyclic) bond motifs is 4. The lowest BCUT2D eigenvalue weighted by molar-refractivity contribution is 0.0841. The van der Waals surface area contributed by atoms with Crippen LogP contribution in [0.3, 0.4) is 0 Å². The summed E-state index contributed by atoms with van der Waals surface area (Å²) < 4.78 is 2.41. The molecule has 0 amide bonds. The molecule has 3 heteroatoms. The number of hydrogen-bond donors (Lipinski definition) is 1. The lowest BCUT2D eigenvalue weighted by atomic mass is 9.76. The van der Waals surface area contributed by atoms with Gasteiger partial charge in [-0.1, -0.05) is 18.2 Å². The van der Waals surface area contributed by atoms with E-state index in [-0.39, 0.29) is 0 Å². The van der Waals surface area contributed by atoms with Crippen molar-refractivity contribution < 1.29 is 0 Å². The van der Waals surface area contributed by atoms with E-state index in [0.29, 0.717) is 12.5 Å². The molecule has 1 atom stereocenters. The Morgan fingerprint density at radius 2 is 1.95 bits per heavy atom. The number of benzene rings is 1. The SMILES string of the molecule is Cn1c(C2CN3CCC2CC3)c(CN)c2ccccc21. The van der Waals surface area contributed by atoms with Crippen molar-refractivity contribution in [2.75, 3.05) is 19.6 Å². The van der Waals surface area contributed by atoms with Gasteiger partial charge in [-0.2, -0.15) is 0 Å². The minimum atomic E-state index is 0.653. The molecule has 20 heavy (non-hydrogen) atoms. The first kappa shape index (κ1) is 12.4. The second kappa shape index (κ2) is 4.61. The summed E-state index contributed by atoms with van der Waals surface area (Å²) >= 11 is 0. The Kier molecular flexibility index (Phi) is 2.86. The summed E-state index contributed by atoms with van der Waals surface area (Å²) in [6.45, 7) is 4.47. The predicted octanol–water partition coefficient (Wildman–Crippen LogP) is 2.45. The van der Waals surface area contributed by atoms with Gasteiger partial charge in [-0.25, -0.2) is 0 Å². The van der Waals surface area contributed by atoms with Gasteiger partial charge in [0.15, 0.2) is 0 Å². The normalized spacial score (nSPS) is 29.2. The quantitative estimate of drug-likeness (QED) is 0.908. The van der Waals surface area contributed by atoms with Gasteiger partial charge in [-0.05, 0) is 43.5 Å². The molecule has 3 saturated heterocycles. The van der Waals surface area contributed by atoms with E-state index in [1.807, 2.05) is 0 Å². The molecule has 0 saturated carbocycles. The van der Waals surface area contributed by atoms with Crippen molar-refractivity contribution in [2.24, 2.45) is 18.7 Å². The van der Waals surface area contributed by atoms with Crippen LogP contribution in [0, 0.1) is 5.92 Å². The van der Waals surface area contributed by atoms with Crippen molar-refractivity contribution in [3.05, 3.63) is 35.5 Å². The number of piperidine rings is 3. The maximum atomic E-state index is 6.11. The molecule has 3 nitrogen and oxygen atoms in total. The van der Waals surface area contributed by atoms with Crippen molar-refractivity contribution in [1.82, 2.24) is 9.47 Å². The van der Waals surface area contributed by atoms with Gasteiger partial charge in [0.05, 0.1) is 0 Å². The molecule has 2 bridgehead atoms. The highest BCUT2D eigenvalue weighted by atomic mass is 15.2. The van der Waals surface area contributed by atoms with Crippen LogP contribution < -0.4 is 5.73 Å². The fraction of sp³-hybridized carbons (Fsp3) is 0.529. The summed E-state index contributed by atoms with van der Waals surface area (Å²) in [5.41, 5.74) is 10.3. The molecule has 0 aliphatic carbocycles. The molecule has 0 radical (unpaired) electrons. The van der Waals surface area contributed by atoms with Crippen LogP contribution in [0.15, 0.2) is 24.3 Å². The molecular formula is C17H23N3. The standard InChI is InChI=1S/C17H23N3/c1-19-16-5-3-2-4-13(16)14(10-18)17(19)15-11-20-8-6-12(15)7-9-20/h2-5,12,15H,6-11,18H2,1H3. The fourth-order valence-electron chi connectivity index (χ4n) is 4.45. The number of aromatic nitrogens is 1. The molecule has 2 aromatic rings. The van der Waals surface area contributed by atoms with Gasteiger partial charge in [0.1, 0.15) is 0 Å². The second-order valence-corrected chi connectivity index (χ2v) is 6.39. The second-order valence-electron chi connectivity index (χ2n) is 6.39. The zero-order chi connectivity index (χ0) is 13.7. The van der Waals surface area contributed by atoms with E-state index in [1.165, 1.54) is 54.6 Å². The van der Waals surface area contributed by atoms with E-state index < -0.39 is 0 Å². The number of rotatable bonds is 2. The summed E-state index contributed by atoms with van der Waals surface area (Å²) in [6.07, 6.45) is 2.71. The molecule has 3 aliphatic rings. The monoisotopic (exact) mass is 269 g/mol. The van der Waals surface area contributed by atoms with Gasteiger partial charge in [0.2, 0.25) is 0 Å². The Bertz CT molecular complexity index is 635. The Hall–Kier alpha value is -1.32. The third-order valence-electron chi connectivity index (χ3n) is 5.47. The summed E-state index contributed by atoms with van der Waals surface area (Å²) in [5.74, 6) is 1.53. The van der Waals surface area contributed by atoms with Gasteiger partial charge >= 0.3 is 0 Å². The molecule has 1 unspecified atom stereocenters. The average molecular weight is 269 g/mol. The highest BCUT2D eigenvalue weighted by Gasteiger charge is 2.37. The third kappa shape index (κ3) is 1.66. The van der Waals surface area contributed by atoms with Crippen LogP contribution in [-0.4, -0.2) is 29.1 Å². The number of aryl methyl sites for hydroxylation is 1. The van der Waals surface area contributed by atoms with Crippen molar-refractivity contribution in [3.63, 3.8) is 0 Å². The average Bonchev–Trinajstić information content (AvgIpc) is 2.81. The Morgan fingerprint density at radius 3 is 2.60 bits per heavy atom. The number of nitrogens with two attached hydrogens (primary N) is 1. The lowest BCUT2D eigenvalue weighted by Gasteiger charge is -2.45. The molecule has 106 valence electrons. The highest BCUT2D eigenvalue weighted by molar-refractivity contribution is 5.85. The number of nitrogens with zero attached hydrogens (tertiary/aromatic N) is 2. The van der Waals surface area contributed by atoms with E-state index in [4.69, 9.17) is 5.73 Å². The zero-order valence-corrected chi connectivity index (χ0v) is 12.2. The molecule has 1 aromatic carbocycles. The van der Waals surface area contributed by atoms with Crippen LogP contribution in [-0.2, 0) is 13.6 Å². The van der Waals surface area contributed by atoms with Crippen molar-refractivity contribution in [1.29, 1.82) is 0 Å². The first-order valence-corrected chi connectivity index (χ1v) is 7.78. The summed E-state index contributed by atoms with van der Waals surface area (Å²) in [5, 5.41) is 1.35. The molecule has 3 fully saturated rings. The molecule has 5 rings (SSSR count). The van der Waals surface area contributed by atoms with Gasteiger partial charge in [0, 0.05) is 42.7 Å². The maximum Gasteiger partial charge on any atom is 0.0483 e. The fourth-order valence-corrected chi connectivity index (χ4v) is 4.45. The Labute approximate surface area is 120 Å². The van der Waals surface area contributed by atoms with Gasteiger partial charge in [0.25, 0.3) is 0 Å². The van der Waals surface area contributed by atoms with E-state index in [0.717, 1.165) is 5.92 Å². The van der Waals surface area contributed by atoms with Gasteiger partial charge < -0.3 is 15.2 Å². The Balaban J connectivity index is 1.89. The smallest absolute Gasteiger partial charge is 0.0483 e. The summed E-state index contributed by atoms with van der Waals surface area (Å²) in [4.78, 5) is 2.63. The van der Waals surface area contributed by atoms with Crippen molar-refractivity contribution in [3.8, 4) is 0 Å². The summed E-state index contributed by atoms with van der Waals surface area (Å²) in [7, 11) is 2.22. The Morgan fingerprint density at radius 1 is 1.20 bits per heavy atom. The van der Waals surface area contributed by atoms with E-state index >= 15 is 0 Å². The van der Waals surface area contributed by atoms with Crippen LogP contribution in [0.4, 0.5) is 0 Å².